The number of hydrogen-bond donors (Lipinski definition) is 2. The summed E-state index contributed by atoms with van der Waals surface area (Å²) >= 11 is 0. The normalized spacial score (nSPS) is 12.5. The minimum Gasteiger partial charge on any atom is -0.397 e. The molecule has 0 spiro atoms. The standard InChI is InChI=1S/C22H23F2N7O/c1-13(2)31-12-27-11-18(31)17-5-4-6-19(29-17)30-22(32)16(20(25)21(23)24)10-28-15-7-14(3)8-26-9-15/h4-13,21H,25H2,1-3H3,(H,29,30,32). The van der Waals surface area contributed by atoms with Gasteiger partial charge in [0.15, 0.2) is 0 Å². The average Bonchev–Trinajstić information content (AvgIpc) is 3.24. The summed E-state index contributed by atoms with van der Waals surface area (Å²) in [4.78, 5) is 29.4. The number of nitrogens with one attached hydrogen (secondary N) is 1. The number of nitrogens with two attached hydrogens (primary N) is 1. The van der Waals surface area contributed by atoms with Gasteiger partial charge in [0.25, 0.3) is 12.3 Å². The number of rotatable bonds is 7. The zero-order valence-corrected chi connectivity index (χ0v) is 17.8. The van der Waals surface area contributed by atoms with Gasteiger partial charge in [-0.05, 0) is 44.5 Å². The molecule has 0 saturated carbocycles. The van der Waals surface area contributed by atoms with Crippen molar-refractivity contribution in [2.45, 2.75) is 33.2 Å². The van der Waals surface area contributed by atoms with Crippen LogP contribution >= 0.6 is 0 Å². The lowest BCUT2D eigenvalue weighted by atomic mass is 10.2. The molecule has 3 rings (SSSR count). The maximum atomic E-state index is 13.3. The van der Waals surface area contributed by atoms with Gasteiger partial charge in [0.2, 0.25) is 0 Å². The van der Waals surface area contributed by atoms with Crippen LogP contribution in [0.1, 0.15) is 25.5 Å². The third-order valence-electron chi connectivity index (χ3n) is 4.47. The van der Waals surface area contributed by atoms with Crippen LogP contribution in [0.15, 0.2) is 65.4 Å². The van der Waals surface area contributed by atoms with E-state index in [1.54, 1.807) is 43.0 Å². The van der Waals surface area contributed by atoms with Crippen molar-refractivity contribution in [3.8, 4) is 11.4 Å². The van der Waals surface area contributed by atoms with Crippen molar-refractivity contribution in [2.75, 3.05) is 5.32 Å². The summed E-state index contributed by atoms with van der Waals surface area (Å²) in [6.07, 6.45) is 4.40. The summed E-state index contributed by atoms with van der Waals surface area (Å²) in [5, 5.41) is 2.52. The molecule has 166 valence electrons. The second-order valence-corrected chi connectivity index (χ2v) is 7.29. The summed E-state index contributed by atoms with van der Waals surface area (Å²) in [5.74, 6) is -0.677. The molecule has 0 aliphatic heterocycles. The molecule has 0 atom stereocenters. The number of allylic oxidation sites excluding steroid dienone is 1. The molecule has 0 fully saturated rings. The maximum absolute atomic E-state index is 13.3. The lowest BCUT2D eigenvalue weighted by Gasteiger charge is -2.12. The van der Waals surface area contributed by atoms with Gasteiger partial charge in [-0.25, -0.2) is 18.7 Å². The smallest absolute Gasteiger partial charge is 0.278 e. The highest BCUT2D eigenvalue weighted by atomic mass is 19.3. The Labute approximate surface area is 183 Å². The zero-order chi connectivity index (χ0) is 23.3. The lowest BCUT2D eigenvalue weighted by molar-refractivity contribution is -0.112. The number of anilines is 1. The molecule has 8 nitrogen and oxygen atoms in total. The monoisotopic (exact) mass is 439 g/mol. The first-order chi connectivity index (χ1) is 15.3. The van der Waals surface area contributed by atoms with Crippen LogP contribution in [-0.2, 0) is 4.79 Å². The van der Waals surface area contributed by atoms with Crippen LogP contribution in [0.2, 0.25) is 0 Å². The molecular formula is C22H23F2N7O. The van der Waals surface area contributed by atoms with E-state index in [9.17, 15) is 13.6 Å². The number of carbonyl (C=O) groups is 1. The van der Waals surface area contributed by atoms with E-state index in [0.717, 1.165) is 17.5 Å². The van der Waals surface area contributed by atoms with Gasteiger partial charge in [-0.15, -0.1) is 0 Å². The van der Waals surface area contributed by atoms with Gasteiger partial charge in [-0.3, -0.25) is 14.8 Å². The summed E-state index contributed by atoms with van der Waals surface area (Å²) in [6, 6.07) is 6.86. The van der Waals surface area contributed by atoms with Crippen LogP contribution in [0.25, 0.3) is 11.4 Å². The Balaban J connectivity index is 1.88. The minimum absolute atomic E-state index is 0.153. The second kappa shape index (κ2) is 9.90. The summed E-state index contributed by atoms with van der Waals surface area (Å²) in [5.41, 5.74) is 6.71. The largest absolute Gasteiger partial charge is 0.397 e. The van der Waals surface area contributed by atoms with Crippen LogP contribution in [0, 0.1) is 6.92 Å². The molecule has 3 N–H and O–H groups in total. The molecular weight excluding hydrogens is 416 g/mol. The molecule has 0 bridgehead atoms. The highest BCUT2D eigenvalue weighted by molar-refractivity contribution is 6.18. The maximum Gasteiger partial charge on any atom is 0.278 e. The minimum atomic E-state index is -3.03. The molecule has 0 radical (unpaired) electrons. The Bertz CT molecular complexity index is 1170. The number of imidazole rings is 1. The predicted molar refractivity (Wildman–Crippen MR) is 119 cm³/mol. The summed E-state index contributed by atoms with van der Waals surface area (Å²) in [7, 11) is 0. The van der Waals surface area contributed by atoms with Crippen LogP contribution in [-0.4, -0.2) is 38.1 Å². The number of halogens is 2. The van der Waals surface area contributed by atoms with E-state index >= 15 is 0 Å². The second-order valence-electron chi connectivity index (χ2n) is 7.29. The van der Waals surface area contributed by atoms with Crippen LogP contribution in [0.4, 0.5) is 20.3 Å². The first-order valence-electron chi connectivity index (χ1n) is 9.80. The Morgan fingerprint density at radius 2 is 2.00 bits per heavy atom. The van der Waals surface area contributed by atoms with Crippen molar-refractivity contribution in [1.82, 2.24) is 19.5 Å². The van der Waals surface area contributed by atoms with Crippen molar-refractivity contribution in [1.29, 1.82) is 0 Å². The van der Waals surface area contributed by atoms with Gasteiger partial charge >= 0.3 is 0 Å². The van der Waals surface area contributed by atoms with Crippen molar-refractivity contribution < 1.29 is 13.6 Å². The first-order valence-corrected chi connectivity index (χ1v) is 9.80. The molecule has 3 aromatic heterocycles. The van der Waals surface area contributed by atoms with E-state index in [4.69, 9.17) is 5.73 Å². The predicted octanol–water partition coefficient (Wildman–Crippen LogP) is 4.05. The van der Waals surface area contributed by atoms with Gasteiger partial charge in [0.1, 0.15) is 5.82 Å². The fraction of sp³-hybridized carbons (Fsp3) is 0.227. The number of aryl methyl sites for hydroxylation is 1. The molecule has 0 aliphatic rings. The van der Waals surface area contributed by atoms with E-state index in [0.29, 0.717) is 11.4 Å². The molecule has 3 heterocycles. The quantitative estimate of drug-likeness (QED) is 0.426. The van der Waals surface area contributed by atoms with Gasteiger partial charge in [0.05, 0.1) is 47.1 Å². The van der Waals surface area contributed by atoms with E-state index in [2.05, 4.69) is 25.3 Å². The Morgan fingerprint density at radius 3 is 2.69 bits per heavy atom. The molecule has 0 unspecified atom stereocenters. The van der Waals surface area contributed by atoms with Gasteiger partial charge in [-0.2, -0.15) is 0 Å². The summed E-state index contributed by atoms with van der Waals surface area (Å²) < 4.78 is 28.5. The van der Waals surface area contributed by atoms with Gasteiger partial charge in [0, 0.05) is 18.5 Å². The summed E-state index contributed by atoms with van der Waals surface area (Å²) in [6.45, 7) is 5.82. The number of aliphatic imine (C=N–C) groups is 1. The van der Waals surface area contributed by atoms with E-state index in [1.165, 1.54) is 6.20 Å². The third-order valence-corrected chi connectivity index (χ3v) is 4.47. The molecule has 3 aromatic rings. The first kappa shape index (κ1) is 22.7. The van der Waals surface area contributed by atoms with Gasteiger partial charge < -0.3 is 15.6 Å². The Kier molecular flexibility index (Phi) is 7.04. The van der Waals surface area contributed by atoms with E-state index in [-0.39, 0.29) is 11.9 Å². The zero-order valence-electron chi connectivity index (χ0n) is 17.8. The molecule has 10 heteroatoms. The van der Waals surface area contributed by atoms with E-state index < -0.39 is 23.6 Å². The third kappa shape index (κ3) is 5.39. The Morgan fingerprint density at radius 1 is 1.22 bits per heavy atom. The number of amides is 1. The average molecular weight is 439 g/mol. The van der Waals surface area contributed by atoms with Gasteiger partial charge in [-0.1, -0.05) is 6.07 Å². The molecule has 1 amide bonds. The van der Waals surface area contributed by atoms with Crippen LogP contribution < -0.4 is 11.1 Å². The fourth-order valence-electron chi connectivity index (χ4n) is 2.88. The number of alkyl halides is 2. The molecule has 0 saturated heterocycles. The molecule has 32 heavy (non-hydrogen) atoms. The number of pyridine rings is 2. The topological polar surface area (TPSA) is 111 Å². The number of nitrogens with zero attached hydrogens (tertiary/aromatic N) is 5. The number of hydrogen-bond acceptors (Lipinski definition) is 6. The number of aromatic nitrogens is 4. The van der Waals surface area contributed by atoms with Crippen molar-refractivity contribution in [2.24, 2.45) is 10.7 Å². The van der Waals surface area contributed by atoms with Crippen molar-refractivity contribution in [3.05, 3.63) is 66.0 Å². The highest BCUT2D eigenvalue weighted by Gasteiger charge is 2.19. The SMILES string of the molecule is Cc1cncc(N=CC(C(=O)Nc2cccc(-c3cncn3C(C)C)n2)=C(N)C(F)F)c1. The Hall–Kier alpha value is -3.95. The number of carbonyl (C=O) groups excluding carboxylic acids is 1. The molecule has 0 aromatic carbocycles. The highest BCUT2D eigenvalue weighted by Crippen LogP contribution is 2.22. The van der Waals surface area contributed by atoms with Crippen LogP contribution in [0.3, 0.4) is 0 Å². The molecule has 0 aliphatic carbocycles. The fourth-order valence-corrected chi connectivity index (χ4v) is 2.88. The van der Waals surface area contributed by atoms with Crippen molar-refractivity contribution in [3.63, 3.8) is 0 Å². The van der Waals surface area contributed by atoms with Crippen LogP contribution in [0.5, 0.6) is 0 Å². The lowest BCUT2D eigenvalue weighted by Crippen LogP contribution is -2.23. The van der Waals surface area contributed by atoms with Crippen molar-refractivity contribution >= 4 is 23.6 Å². The van der Waals surface area contributed by atoms with E-state index in [1.807, 2.05) is 25.3 Å².